The summed E-state index contributed by atoms with van der Waals surface area (Å²) >= 11 is 2.98. The van der Waals surface area contributed by atoms with Gasteiger partial charge in [0.15, 0.2) is 5.16 Å². The van der Waals surface area contributed by atoms with E-state index in [1.807, 2.05) is 0 Å². The van der Waals surface area contributed by atoms with Gasteiger partial charge in [0.05, 0.1) is 23.8 Å². The number of aromatic nitrogens is 2. The topological polar surface area (TPSA) is 73.2 Å². The predicted molar refractivity (Wildman–Crippen MR) is 109 cm³/mol. The summed E-state index contributed by atoms with van der Waals surface area (Å²) in [6.45, 7) is 3.53. The fraction of sp³-hybridized carbons (Fsp3) is 0.632. The van der Waals surface area contributed by atoms with Gasteiger partial charge >= 0.3 is 0 Å². The van der Waals surface area contributed by atoms with Crippen molar-refractivity contribution in [1.29, 1.82) is 0 Å². The van der Waals surface area contributed by atoms with Gasteiger partial charge < -0.3 is 10.1 Å². The number of rotatable bonds is 5. The Hall–Kier alpha value is -1.38. The number of amides is 1. The number of hydrogen-bond acceptors (Lipinski definition) is 6. The lowest BCUT2D eigenvalue weighted by Gasteiger charge is -2.18. The van der Waals surface area contributed by atoms with Gasteiger partial charge in [-0.3, -0.25) is 14.2 Å². The summed E-state index contributed by atoms with van der Waals surface area (Å²) in [6, 6.07) is 0. The molecule has 2 aliphatic rings. The highest BCUT2D eigenvalue weighted by Crippen LogP contribution is 2.36. The molecule has 1 aliphatic heterocycles. The Labute approximate surface area is 166 Å². The van der Waals surface area contributed by atoms with Gasteiger partial charge in [-0.25, -0.2) is 4.98 Å². The first-order chi connectivity index (χ1) is 13.1. The minimum atomic E-state index is -0.0719. The number of nitrogens with zero attached hydrogens (tertiary/aromatic N) is 2. The predicted octanol–water partition coefficient (Wildman–Crippen LogP) is 2.60. The van der Waals surface area contributed by atoms with Gasteiger partial charge in [0.1, 0.15) is 4.83 Å². The number of ether oxygens (including phenoxy) is 1. The molecule has 0 spiro atoms. The molecule has 0 bridgehead atoms. The van der Waals surface area contributed by atoms with E-state index in [4.69, 9.17) is 9.72 Å². The van der Waals surface area contributed by atoms with E-state index >= 15 is 0 Å². The maximum atomic E-state index is 13.4. The molecule has 0 saturated carbocycles. The molecule has 2 atom stereocenters. The number of thiophene rings is 1. The molecular weight excluding hydrogens is 382 g/mol. The van der Waals surface area contributed by atoms with Crippen molar-refractivity contribution in [1.82, 2.24) is 14.9 Å². The van der Waals surface area contributed by atoms with E-state index in [2.05, 4.69) is 12.2 Å². The van der Waals surface area contributed by atoms with Crippen molar-refractivity contribution in [2.24, 2.45) is 5.92 Å². The highest BCUT2D eigenvalue weighted by atomic mass is 32.2. The lowest BCUT2D eigenvalue weighted by atomic mass is 9.89. The van der Waals surface area contributed by atoms with Crippen molar-refractivity contribution in [3.8, 4) is 0 Å². The summed E-state index contributed by atoms with van der Waals surface area (Å²) in [7, 11) is 1.62. The van der Waals surface area contributed by atoms with Crippen LogP contribution < -0.4 is 10.9 Å². The molecule has 1 aliphatic carbocycles. The Kier molecular flexibility index (Phi) is 5.57. The van der Waals surface area contributed by atoms with E-state index in [0.717, 1.165) is 48.9 Å². The molecule has 0 unspecified atom stereocenters. The quantitative estimate of drug-likeness (QED) is 0.609. The molecule has 27 heavy (non-hydrogen) atoms. The number of carbonyl (C=O) groups excluding carboxylic acids is 1. The Bertz CT molecular complexity index is 915. The third-order valence-electron chi connectivity index (χ3n) is 5.40. The molecule has 1 saturated heterocycles. The standard InChI is InChI=1S/C19H25N3O3S2/c1-11-5-6-13-14(8-11)27-17-16(13)18(24)22(9-12-4-3-7-25-12)19(21-17)26-10-15(23)20-2/h11-12H,3-10H2,1-2H3,(H,20,23)/t11-,12+/m0/s1. The fourth-order valence-corrected chi connectivity index (χ4v) is 6.17. The van der Waals surface area contributed by atoms with Gasteiger partial charge in [-0.05, 0) is 43.6 Å². The normalized spacial score (nSPS) is 22.1. The van der Waals surface area contributed by atoms with Crippen molar-refractivity contribution in [2.75, 3.05) is 19.4 Å². The van der Waals surface area contributed by atoms with Crippen LogP contribution in [0.5, 0.6) is 0 Å². The van der Waals surface area contributed by atoms with E-state index in [-0.39, 0.29) is 23.3 Å². The smallest absolute Gasteiger partial charge is 0.263 e. The summed E-state index contributed by atoms with van der Waals surface area (Å²) in [6.07, 6.45) is 5.15. The lowest BCUT2D eigenvalue weighted by Crippen LogP contribution is -2.29. The number of carbonyl (C=O) groups is 1. The molecule has 1 fully saturated rings. The lowest BCUT2D eigenvalue weighted by molar-refractivity contribution is -0.118. The van der Waals surface area contributed by atoms with Crippen LogP contribution in [0, 0.1) is 5.92 Å². The molecule has 0 aromatic carbocycles. The highest BCUT2D eigenvalue weighted by molar-refractivity contribution is 7.99. The van der Waals surface area contributed by atoms with Crippen LogP contribution >= 0.6 is 23.1 Å². The Morgan fingerprint density at radius 2 is 2.30 bits per heavy atom. The second-order valence-electron chi connectivity index (χ2n) is 7.44. The van der Waals surface area contributed by atoms with E-state index in [9.17, 15) is 9.59 Å². The van der Waals surface area contributed by atoms with Crippen molar-refractivity contribution < 1.29 is 9.53 Å². The summed E-state index contributed by atoms with van der Waals surface area (Å²) in [5.41, 5.74) is 1.23. The number of nitrogens with one attached hydrogen (secondary N) is 1. The average Bonchev–Trinajstić information content (AvgIpc) is 3.29. The maximum absolute atomic E-state index is 13.4. The molecule has 1 amide bonds. The van der Waals surface area contributed by atoms with Gasteiger partial charge in [-0.15, -0.1) is 11.3 Å². The van der Waals surface area contributed by atoms with Crippen molar-refractivity contribution in [2.45, 2.75) is 56.8 Å². The highest BCUT2D eigenvalue weighted by Gasteiger charge is 2.26. The average molecular weight is 408 g/mol. The molecular formula is C19H25N3O3S2. The van der Waals surface area contributed by atoms with Crippen molar-refractivity contribution in [3.63, 3.8) is 0 Å². The molecule has 1 N–H and O–H groups in total. The number of hydrogen-bond donors (Lipinski definition) is 1. The fourth-order valence-electron chi connectivity index (χ4n) is 3.87. The van der Waals surface area contributed by atoms with E-state index in [1.165, 1.54) is 22.2 Å². The summed E-state index contributed by atoms with van der Waals surface area (Å²) in [4.78, 5) is 32.1. The van der Waals surface area contributed by atoms with Crippen LogP contribution in [-0.4, -0.2) is 41.0 Å². The number of thioether (sulfide) groups is 1. The first-order valence-corrected chi connectivity index (χ1v) is 11.4. The largest absolute Gasteiger partial charge is 0.376 e. The molecule has 146 valence electrons. The molecule has 2 aromatic rings. The van der Waals surface area contributed by atoms with Gasteiger partial charge in [-0.1, -0.05) is 18.7 Å². The SMILES string of the molecule is CNC(=O)CSc1nc2sc3c(c2c(=O)n1C[C@H]1CCCO1)CC[C@H](C)C3. The van der Waals surface area contributed by atoms with Gasteiger partial charge in [0, 0.05) is 18.5 Å². The Morgan fingerprint density at radius 1 is 1.44 bits per heavy atom. The third-order valence-corrected chi connectivity index (χ3v) is 7.53. The second kappa shape index (κ2) is 7.93. The van der Waals surface area contributed by atoms with Crippen LogP contribution in [0.4, 0.5) is 0 Å². The monoisotopic (exact) mass is 407 g/mol. The van der Waals surface area contributed by atoms with Crippen LogP contribution in [0.2, 0.25) is 0 Å². The number of aryl methyl sites for hydroxylation is 1. The Balaban J connectivity index is 1.78. The zero-order chi connectivity index (χ0) is 19.0. The first kappa shape index (κ1) is 19.0. The number of fused-ring (bicyclic) bond motifs is 3. The minimum absolute atomic E-state index is 0.0296. The van der Waals surface area contributed by atoms with Crippen LogP contribution in [0.25, 0.3) is 10.2 Å². The zero-order valence-corrected chi connectivity index (χ0v) is 17.4. The Morgan fingerprint density at radius 3 is 3.04 bits per heavy atom. The van der Waals surface area contributed by atoms with Crippen LogP contribution in [0.1, 0.15) is 36.6 Å². The first-order valence-electron chi connectivity index (χ1n) is 9.57. The molecule has 4 rings (SSSR count). The zero-order valence-electron chi connectivity index (χ0n) is 15.7. The minimum Gasteiger partial charge on any atom is -0.376 e. The van der Waals surface area contributed by atoms with Gasteiger partial charge in [0.2, 0.25) is 5.91 Å². The summed E-state index contributed by atoms with van der Waals surface area (Å²) in [5.74, 6) is 0.835. The second-order valence-corrected chi connectivity index (χ2v) is 9.47. The maximum Gasteiger partial charge on any atom is 0.263 e. The van der Waals surface area contributed by atoms with E-state index in [0.29, 0.717) is 17.6 Å². The van der Waals surface area contributed by atoms with E-state index in [1.54, 1.807) is 23.0 Å². The van der Waals surface area contributed by atoms with Crippen LogP contribution in [0.3, 0.4) is 0 Å². The molecule has 6 nitrogen and oxygen atoms in total. The van der Waals surface area contributed by atoms with E-state index < -0.39 is 0 Å². The summed E-state index contributed by atoms with van der Waals surface area (Å²) < 4.78 is 7.51. The van der Waals surface area contributed by atoms with Crippen LogP contribution in [-0.2, 0) is 28.9 Å². The molecule has 2 aromatic heterocycles. The van der Waals surface area contributed by atoms with Gasteiger partial charge in [0.25, 0.3) is 5.56 Å². The molecule has 8 heteroatoms. The third kappa shape index (κ3) is 3.79. The molecule has 3 heterocycles. The van der Waals surface area contributed by atoms with Crippen LogP contribution in [0.15, 0.2) is 9.95 Å². The van der Waals surface area contributed by atoms with Crippen molar-refractivity contribution in [3.05, 3.63) is 20.8 Å². The van der Waals surface area contributed by atoms with Crippen molar-refractivity contribution >= 4 is 39.2 Å². The molecule has 0 radical (unpaired) electrons. The van der Waals surface area contributed by atoms with Gasteiger partial charge in [-0.2, -0.15) is 0 Å². The summed E-state index contributed by atoms with van der Waals surface area (Å²) in [5, 5.41) is 4.05.